The molecule has 0 amide bonds. The first-order valence-electron chi connectivity index (χ1n) is 10.9. The zero-order chi connectivity index (χ0) is 22.2. The summed E-state index contributed by atoms with van der Waals surface area (Å²) in [5.74, 6) is -0.891. The molecule has 1 aromatic heterocycles. The second kappa shape index (κ2) is 10.9. The van der Waals surface area contributed by atoms with E-state index >= 15 is 0 Å². The van der Waals surface area contributed by atoms with Crippen molar-refractivity contribution < 1.29 is 9.90 Å². The predicted molar refractivity (Wildman–Crippen MR) is 133 cm³/mol. The van der Waals surface area contributed by atoms with E-state index in [4.69, 9.17) is 0 Å². The first kappa shape index (κ1) is 22.8. The summed E-state index contributed by atoms with van der Waals surface area (Å²) in [6, 6.07) is 12.1. The minimum atomic E-state index is -0.891. The molecule has 0 fully saturated rings. The number of carboxylic acid groups (broad SMARTS) is 1. The first-order valence-corrected chi connectivity index (χ1v) is 11.7. The molecule has 1 aliphatic carbocycles. The molecule has 0 spiro atoms. The zero-order valence-corrected chi connectivity index (χ0v) is 19.3. The van der Waals surface area contributed by atoms with Crippen molar-refractivity contribution in [2.45, 2.75) is 33.6 Å². The molecule has 5 heteroatoms. The van der Waals surface area contributed by atoms with E-state index in [0.717, 1.165) is 59.8 Å². The Kier molecular flexibility index (Phi) is 8.01. The van der Waals surface area contributed by atoms with E-state index in [1.54, 1.807) is 6.07 Å². The third-order valence-electron chi connectivity index (χ3n) is 5.31. The monoisotopic (exact) mass is 434 g/mol. The van der Waals surface area contributed by atoms with Gasteiger partial charge in [0.25, 0.3) is 0 Å². The van der Waals surface area contributed by atoms with Gasteiger partial charge < -0.3 is 10.0 Å². The normalized spacial score (nSPS) is 12.9. The summed E-state index contributed by atoms with van der Waals surface area (Å²) in [4.78, 5) is 19.7. The van der Waals surface area contributed by atoms with Crippen LogP contribution in [0.2, 0.25) is 0 Å². The number of carboxylic acids is 1. The maximum Gasteiger partial charge on any atom is 0.345 e. The maximum atomic E-state index is 11.4. The lowest BCUT2D eigenvalue weighted by Crippen LogP contribution is -2.21. The first-order chi connectivity index (χ1) is 15.1. The van der Waals surface area contributed by atoms with E-state index < -0.39 is 5.97 Å². The van der Waals surface area contributed by atoms with Crippen molar-refractivity contribution in [2.75, 3.05) is 24.5 Å². The van der Waals surface area contributed by atoms with Crippen LogP contribution in [-0.4, -0.2) is 36.4 Å². The molecule has 4 nitrogen and oxygen atoms in total. The van der Waals surface area contributed by atoms with E-state index in [0.29, 0.717) is 4.88 Å². The molecule has 1 heterocycles. The van der Waals surface area contributed by atoms with Crippen LogP contribution in [0.15, 0.2) is 71.3 Å². The highest BCUT2D eigenvalue weighted by atomic mass is 32.1. The number of anilines is 1. The third-order valence-corrected chi connectivity index (χ3v) is 6.40. The molecular weight excluding hydrogens is 404 g/mol. The van der Waals surface area contributed by atoms with Crippen LogP contribution in [0.4, 0.5) is 5.69 Å². The number of aromatic carboxylic acids is 1. The molecule has 31 heavy (non-hydrogen) atoms. The Bertz CT molecular complexity index is 1000. The molecule has 0 saturated heterocycles. The van der Waals surface area contributed by atoms with Crippen molar-refractivity contribution in [3.63, 3.8) is 0 Å². The fourth-order valence-corrected chi connectivity index (χ4v) is 4.50. The highest BCUT2D eigenvalue weighted by Crippen LogP contribution is 2.35. The maximum absolute atomic E-state index is 11.4. The average molecular weight is 435 g/mol. The average Bonchev–Trinajstić information content (AvgIpc) is 3.27. The second-order valence-corrected chi connectivity index (χ2v) is 8.43. The number of hydrogen-bond donors (Lipinski definition) is 1. The van der Waals surface area contributed by atoms with Crippen molar-refractivity contribution in [1.29, 1.82) is 0 Å². The van der Waals surface area contributed by atoms with Crippen LogP contribution in [0, 0.1) is 0 Å². The van der Waals surface area contributed by atoms with Gasteiger partial charge in [-0.3, -0.25) is 4.99 Å². The number of benzene rings is 1. The summed E-state index contributed by atoms with van der Waals surface area (Å²) in [6.45, 7) is 9.23. The molecule has 2 aromatic rings. The van der Waals surface area contributed by atoms with Gasteiger partial charge in [-0.15, -0.1) is 11.3 Å². The molecule has 3 rings (SSSR count). The number of aliphatic imine (C=N–C) groups is 1. The Morgan fingerprint density at radius 1 is 0.935 bits per heavy atom. The lowest BCUT2D eigenvalue weighted by molar-refractivity contribution is 0.0702. The number of rotatable bonds is 9. The topological polar surface area (TPSA) is 52.9 Å². The predicted octanol–water partition coefficient (Wildman–Crippen LogP) is 6.46. The summed E-state index contributed by atoms with van der Waals surface area (Å²) in [6.07, 6.45) is 10.5. The molecule has 1 N–H and O–H groups in total. The third kappa shape index (κ3) is 5.61. The van der Waals surface area contributed by atoms with Crippen LogP contribution in [0.25, 0.3) is 5.57 Å². The Hall–Kier alpha value is -2.92. The van der Waals surface area contributed by atoms with Crippen LogP contribution in [0.3, 0.4) is 0 Å². The number of thiophene rings is 1. The van der Waals surface area contributed by atoms with Crippen molar-refractivity contribution in [3.05, 3.63) is 81.6 Å². The summed E-state index contributed by atoms with van der Waals surface area (Å²) >= 11 is 1.31. The SMILES string of the molecule is CCCCN=C1C=CC(=C(c2ccc(N(CC)CC)cc2)c2ccc(C(=O)O)s2)C=C1. The molecular formula is C26H30N2O2S. The standard InChI is InChI=1S/C26H30N2O2S/c1-4-7-18-27-21-12-8-19(9-13-21)25(23-16-17-24(31-23)26(29)30)20-10-14-22(15-11-20)28(5-2)6-3/h8-17H,4-7,18H2,1-3H3,(H,29,30). The number of allylic oxidation sites excluding steroid dienone is 5. The molecule has 1 aromatic carbocycles. The summed E-state index contributed by atoms with van der Waals surface area (Å²) in [7, 11) is 0. The lowest BCUT2D eigenvalue weighted by Gasteiger charge is -2.21. The molecule has 162 valence electrons. The Morgan fingerprint density at radius 3 is 2.13 bits per heavy atom. The van der Waals surface area contributed by atoms with Gasteiger partial charge in [0, 0.05) is 35.8 Å². The van der Waals surface area contributed by atoms with Gasteiger partial charge in [0.05, 0.1) is 5.71 Å². The van der Waals surface area contributed by atoms with Crippen molar-refractivity contribution in [1.82, 2.24) is 0 Å². The quantitative estimate of drug-likeness (QED) is 0.461. The number of nitrogens with zero attached hydrogens (tertiary/aromatic N) is 2. The molecule has 0 unspecified atom stereocenters. The fraction of sp³-hybridized carbons (Fsp3) is 0.308. The Labute approximate surface area is 189 Å². The Balaban J connectivity index is 2.01. The molecule has 0 aliphatic heterocycles. The van der Waals surface area contributed by atoms with Gasteiger partial charge in [-0.25, -0.2) is 4.79 Å². The van der Waals surface area contributed by atoms with Gasteiger partial charge in [0.15, 0.2) is 0 Å². The second-order valence-electron chi connectivity index (χ2n) is 7.35. The highest BCUT2D eigenvalue weighted by Gasteiger charge is 2.16. The molecule has 1 aliphatic rings. The van der Waals surface area contributed by atoms with Gasteiger partial charge in [-0.05, 0) is 67.8 Å². The number of hydrogen-bond acceptors (Lipinski definition) is 4. The summed E-state index contributed by atoms with van der Waals surface area (Å²) < 4.78 is 0. The number of carbonyl (C=O) groups is 1. The minimum Gasteiger partial charge on any atom is -0.477 e. The molecule has 0 saturated carbocycles. The van der Waals surface area contributed by atoms with Crippen molar-refractivity contribution in [2.24, 2.45) is 4.99 Å². The fourth-order valence-electron chi connectivity index (χ4n) is 3.57. The van der Waals surface area contributed by atoms with Crippen LogP contribution < -0.4 is 4.90 Å². The van der Waals surface area contributed by atoms with Crippen molar-refractivity contribution in [3.8, 4) is 0 Å². The van der Waals surface area contributed by atoms with E-state index in [9.17, 15) is 9.90 Å². The molecule has 0 bridgehead atoms. The van der Waals surface area contributed by atoms with Crippen LogP contribution >= 0.6 is 11.3 Å². The van der Waals surface area contributed by atoms with E-state index in [1.807, 2.05) is 18.2 Å². The van der Waals surface area contributed by atoms with Crippen LogP contribution in [0.5, 0.6) is 0 Å². The largest absolute Gasteiger partial charge is 0.477 e. The smallest absolute Gasteiger partial charge is 0.345 e. The van der Waals surface area contributed by atoms with Gasteiger partial charge in [-0.2, -0.15) is 0 Å². The molecule has 0 radical (unpaired) electrons. The summed E-state index contributed by atoms with van der Waals surface area (Å²) in [5, 5.41) is 9.40. The van der Waals surface area contributed by atoms with E-state index in [2.05, 4.69) is 67.1 Å². The lowest BCUT2D eigenvalue weighted by atomic mass is 9.95. The summed E-state index contributed by atoms with van der Waals surface area (Å²) in [5.41, 5.74) is 5.35. The zero-order valence-electron chi connectivity index (χ0n) is 18.5. The van der Waals surface area contributed by atoms with Crippen molar-refractivity contribution >= 4 is 34.3 Å². The van der Waals surface area contributed by atoms with Gasteiger partial charge in [0.1, 0.15) is 4.88 Å². The van der Waals surface area contributed by atoms with E-state index in [1.165, 1.54) is 17.0 Å². The van der Waals surface area contributed by atoms with Gasteiger partial charge in [-0.1, -0.05) is 37.6 Å². The highest BCUT2D eigenvalue weighted by molar-refractivity contribution is 7.15. The van der Waals surface area contributed by atoms with Gasteiger partial charge >= 0.3 is 5.97 Å². The minimum absolute atomic E-state index is 0.346. The van der Waals surface area contributed by atoms with E-state index in [-0.39, 0.29) is 0 Å². The van der Waals surface area contributed by atoms with Crippen LogP contribution in [-0.2, 0) is 0 Å². The molecule has 0 atom stereocenters. The Morgan fingerprint density at radius 2 is 1.58 bits per heavy atom. The van der Waals surface area contributed by atoms with Crippen LogP contribution in [0.1, 0.15) is 53.7 Å². The van der Waals surface area contributed by atoms with Gasteiger partial charge in [0.2, 0.25) is 0 Å². The number of unbranched alkanes of at least 4 members (excludes halogenated alkanes) is 1.